The lowest BCUT2D eigenvalue weighted by atomic mass is 9.88. The van der Waals surface area contributed by atoms with Gasteiger partial charge in [-0.2, -0.15) is 0 Å². The molecule has 0 spiro atoms. The molecule has 0 atom stereocenters. The van der Waals surface area contributed by atoms with Crippen LogP contribution in [0.25, 0.3) is 5.69 Å². The van der Waals surface area contributed by atoms with E-state index in [1.165, 1.54) is 22.9 Å². The molecule has 5 aromatic rings. The van der Waals surface area contributed by atoms with Crippen molar-refractivity contribution >= 4 is 17.7 Å². The molecule has 0 saturated carbocycles. The molecule has 0 bridgehead atoms. The minimum absolute atomic E-state index is 0.171. The average molecular weight is 535 g/mol. The van der Waals surface area contributed by atoms with Gasteiger partial charge < -0.3 is 5.32 Å². The monoisotopic (exact) mass is 534 g/mol. The summed E-state index contributed by atoms with van der Waals surface area (Å²) in [6, 6.07) is 32.4. The van der Waals surface area contributed by atoms with E-state index in [-0.39, 0.29) is 11.8 Å². The Kier molecular flexibility index (Phi) is 8.43. The van der Waals surface area contributed by atoms with E-state index in [0.717, 1.165) is 23.5 Å². The number of carbonyl (C=O) groups is 1. The third-order valence-electron chi connectivity index (χ3n) is 6.40. The van der Waals surface area contributed by atoms with Crippen LogP contribution in [0.4, 0.5) is 0 Å². The molecule has 39 heavy (non-hydrogen) atoms. The first-order valence-electron chi connectivity index (χ1n) is 12.9. The standard InChI is InChI=1S/C31H30N6OS/c1-22-20-23(2)34-31(33-22)39-21-28-29(35-36-37(28)26-16-10-5-11-17-26)30(38)32-19-18-27(24-12-6-3-7-13-24)25-14-8-4-9-15-25/h3-17,20,27H,18-19,21H2,1-2H3,(H,32,38). The fraction of sp³-hybridized carbons (Fsp3) is 0.194. The average Bonchev–Trinajstić information content (AvgIpc) is 3.39. The van der Waals surface area contributed by atoms with Gasteiger partial charge in [0.15, 0.2) is 10.9 Å². The third-order valence-corrected chi connectivity index (χ3v) is 7.26. The van der Waals surface area contributed by atoms with E-state index >= 15 is 0 Å². The van der Waals surface area contributed by atoms with Crippen LogP contribution >= 0.6 is 11.8 Å². The van der Waals surface area contributed by atoms with E-state index < -0.39 is 0 Å². The summed E-state index contributed by atoms with van der Waals surface area (Å²) in [7, 11) is 0. The summed E-state index contributed by atoms with van der Waals surface area (Å²) < 4.78 is 1.72. The van der Waals surface area contributed by atoms with Crippen molar-refractivity contribution in [3.63, 3.8) is 0 Å². The van der Waals surface area contributed by atoms with Gasteiger partial charge in [0.05, 0.1) is 11.4 Å². The molecule has 0 aliphatic rings. The van der Waals surface area contributed by atoms with Crippen LogP contribution in [-0.4, -0.2) is 37.4 Å². The largest absolute Gasteiger partial charge is 0.351 e. The van der Waals surface area contributed by atoms with Crippen LogP contribution in [0, 0.1) is 13.8 Å². The summed E-state index contributed by atoms with van der Waals surface area (Å²) in [6.07, 6.45) is 0.757. The van der Waals surface area contributed by atoms with Crippen molar-refractivity contribution in [3.8, 4) is 5.69 Å². The van der Waals surface area contributed by atoms with Gasteiger partial charge in [-0.25, -0.2) is 14.6 Å². The number of para-hydroxylation sites is 1. The van der Waals surface area contributed by atoms with Gasteiger partial charge in [-0.05, 0) is 49.6 Å². The molecule has 3 aromatic carbocycles. The van der Waals surface area contributed by atoms with Gasteiger partial charge in [0.2, 0.25) is 0 Å². The second-order valence-electron chi connectivity index (χ2n) is 9.27. The number of nitrogens with zero attached hydrogens (tertiary/aromatic N) is 5. The normalized spacial score (nSPS) is 11.1. The Morgan fingerprint density at radius 3 is 2.00 bits per heavy atom. The molecule has 0 aliphatic heterocycles. The minimum Gasteiger partial charge on any atom is -0.351 e. The zero-order valence-electron chi connectivity index (χ0n) is 22.0. The zero-order chi connectivity index (χ0) is 27.0. The summed E-state index contributed by atoms with van der Waals surface area (Å²) in [5, 5.41) is 12.4. The topological polar surface area (TPSA) is 85.6 Å². The number of hydrogen-bond acceptors (Lipinski definition) is 6. The van der Waals surface area contributed by atoms with E-state index in [2.05, 4.69) is 74.1 Å². The number of rotatable bonds is 10. The first-order chi connectivity index (χ1) is 19.1. The molecule has 2 aromatic heterocycles. The summed E-state index contributed by atoms with van der Waals surface area (Å²) in [6.45, 7) is 4.40. The minimum atomic E-state index is -0.242. The van der Waals surface area contributed by atoms with Gasteiger partial charge in [0.1, 0.15) is 0 Å². The van der Waals surface area contributed by atoms with Crippen LogP contribution in [0.5, 0.6) is 0 Å². The lowest BCUT2D eigenvalue weighted by molar-refractivity contribution is 0.0947. The fourth-order valence-corrected chi connectivity index (χ4v) is 5.53. The molecule has 0 saturated heterocycles. The van der Waals surface area contributed by atoms with Gasteiger partial charge in [-0.3, -0.25) is 4.79 Å². The molecule has 0 unspecified atom stereocenters. The maximum absolute atomic E-state index is 13.4. The quantitative estimate of drug-likeness (QED) is 0.177. The molecular formula is C31H30N6OS. The lowest BCUT2D eigenvalue weighted by Gasteiger charge is -2.18. The SMILES string of the molecule is Cc1cc(C)nc(SCc2c(C(=O)NCCC(c3ccccc3)c3ccccc3)nnn2-c2ccccc2)n1. The fourth-order valence-electron chi connectivity index (χ4n) is 4.59. The van der Waals surface area contributed by atoms with E-state index in [4.69, 9.17) is 0 Å². The zero-order valence-corrected chi connectivity index (χ0v) is 22.8. The highest BCUT2D eigenvalue weighted by molar-refractivity contribution is 7.98. The maximum atomic E-state index is 13.4. The number of carbonyl (C=O) groups excluding carboxylic acids is 1. The number of amides is 1. The first kappa shape index (κ1) is 26.3. The van der Waals surface area contributed by atoms with Crippen LogP contribution in [0.2, 0.25) is 0 Å². The molecular weight excluding hydrogens is 504 g/mol. The molecule has 7 nitrogen and oxygen atoms in total. The summed E-state index contributed by atoms with van der Waals surface area (Å²) in [5.74, 6) is 0.378. The van der Waals surface area contributed by atoms with Crippen LogP contribution in [0.3, 0.4) is 0 Å². The number of benzene rings is 3. The van der Waals surface area contributed by atoms with E-state index in [0.29, 0.717) is 28.8 Å². The number of aryl methyl sites for hydroxylation is 2. The summed E-state index contributed by atoms with van der Waals surface area (Å²) >= 11 is 1.47. The lowest BCUT2D eigenvalue weighted by Crippen LogP contribution is -2.27. The molecule has 1 amide bonds. The first-order valence-corrected chi connectivity index (χ1v) is 13.9. The second kappa shape index (κ2) is 12.5. The smallest absolute Gasteiger partial charge is 0.273 e. The van der Waals surface area contributed by atoms with Gasteiger partial charge in [0, 0.05) is 29.6 Å². The third kappa shape index (κ3) is 6.59. The summed E-state index contributed by atoms with van der Waals surface area (Å²) in [5.41, 5.74) is 6.11. The number of hydrogen-bond donors (Lipinski definition) is 1. The van der Waals surface area contributed by atoms with Crippen LogP contribution in [0.15, 0.2) is 102 Å². The Morgan fingerprint density at radius 2 is 1.41 bits per heavy atom. The highest BCUT2D eigenvalue weighted by Crippen LogP contribution is 2.28. The van der Waals surface area contributed by atoms with Crippen molar-refractivity contribution in [2.75, 3.05) is 6.54 Å². The van der Waals surface area contributed by atoms with E-state index in [1.807, 2.05) is 62.4 Å². The van der Waals surface area contributed by atoms with E-state index in [1.54, 1.807) is 4.68 Å². The molecule has 0 fully saturated rings. The molecule has 196 valence electrons. The van der Waals surface area contributed by atoms with Crippen molar-refractivity contribution in [2.45, 2.75) is 37.1 Å². The number of thioether (sulfide) groups is 1. The van der Waals surface area contributed by atoms with Crippen LogP contribution < -0.4 is 5.32 Å². The highest BCUT2D eigenvalue weighted by Gasteiger charge is 2.22. The predicted octanol–water partition coefficient (Wildman–Crippen LogP) is 5.92. The highest BCUT2D eigenvalue weighted by atomic mass is 32.2. The van der Waals surface area contributed by atoms with Gasteiger partial charge in [0.25, 0.3) is 5.91 Å². The van der Waals surface area contributed by atoms with Crippen molar-refractivity contribution in [1.82, 2.24) is 30.3 Å². The Hall–Kier alpha value is -4.30. The van der Waals surface area contributed by atoms with Crippen molar-refractivity contribution in [3.05, 3.63) is 131 Å². The Labute approximate surface area is 232 Å². The molecule has 0 radical (unpaired) electrons. The second-order valence-corrected chi connectivity index (χ2v) is 10.2. The van der Waals surface area contributed by atoms with Crippen molar-refractivity contribution < 1.29 is 4.79 Å². The number of aromatic nitrogens is 5. The number of nitrogens with one attached hydrogen (secondary N) is 1. The Balaban J connectivity index is 1.35. The molecule has 5 rings (SSSR count). The van der Waals surface area contributed by atoms with Crippen LogP contribution in [-0.2, 0) is 5.75 Å². The maximum Gasteiger partial charge on any atom is 0.273 e. The molecule has 2 heterocycles. The molecule has 1 N–H and O–H groups in total. The molecule has 0 aliphatic carbocycles. The van der Waals surface area contributed by atoms with Gasteiger partial charge in [-0.15, -0.1) is 5.10 Å². The van der Waals surface area contributed by atoms with Gasteiger partial charge >= 0.3 is 0 Å². The molecule has 8 heteroatoms. The van der Waals surface area contributed by atoms with Crippen molar-refractivity contribution in [1.29, 1.82) is 0 Å². The predicted molar refractivity (Wildman–Crippen MR) is 154 cm³/mol. The Bertz CT molecular complexity index is 1460. The van der Waals surface area contributed by atoms with Crippen molar-refractivity contribution in [2.24, 2.45) is 0 Å². The van der Waals surface area contributed by atoms with E-state index in [9.17, 15) is 4.79 Å². The van der Waals surface area contributed by atoms with Crippen LogP contribution in [0.1, 0.15) is 51.0 Å². The summed E-state index contributed by atoms with van der Waals surface area (Å²) in [4.78, 5) is 22.5. The Morgan fingerprint density at radius 1 is 0.846 bits per heavy atom. The van der Waals surface area contributed by atoms with Gasteiger partial charge in [-0.1, -0.05) is 95.8 Å².